The predicted molar refractivity (Wildman–Crippen MR) is 113 cm³/mol. The summed E-state index contributed by atoms with van der Waals surface area (Å²) < 4.78 is 46.1. The number of benzene rings is 1. The Balaban J connectivity index is 1.66. The molecule has 1 aromatic heterocycles. The van der Waals surface area contributed by atoms with Crippen molar-refractivity contribution in [2.24, 2.45) is 0 Å². The maximum absolute atomic E-state index is 13.0. The smallest absolute Gasteiger partial charge is 0.424 e. The monoisotopic (exact) mass is 514 g/mol. The predicted octanol–water partition coefficient (Wildman–Crippen LogP) is 2.65. The number of imide groups is 1. The third-order valence-electron chi connectivity index (χ3n) is 5.14. The molecule has 0 bridgehead atoms. The number of carbonyl (C=O) groups excluding carboxylic acids is 2. The van der Waals surface area contributed by atoms with Crippen LogP contribution < -0.4 is 4.74 Å². The Morgan fingerprint density at radius 1 is 1.26 bits per heavy atom. The van der Waals surface area contributed by atoms with Gasteiger partial charge in [-0.25, -0.2) is 14.5 Å². The summed E-state index contributed by atoms with van der Waals surface area (Å²) in [5, 5.41) is 7.66. The number of rotatable bonds is 4. The van der Waals surface area contributed by atoms with Crippen LogP contribution in [0, 0.1) is 6.92 Å². The summed E-state index contributed by atoms with van der Waals surface area (Å²) in [4.78, 5) is 49.6. The van der Waals surface area contributed by atoms with Crippen molar-refractivity contribution in [1.29, 1.82) is 0 Å². The van der Waals surface area contributed by atoms with Crippen LogP contribution in [0.25, 0.3) is 0 Å². The highest BCUT2D eigenvalue weighted by Crippen LogP contribution is 2.79. The van der Waals surface area contributed by atoms with E-state index in [1.165, 1.54) is 42.7 Å². The summed E-state index contributed by atoms with van der Waals surface area (Å²) in [6.45, 7) is 1.57. The van der Waals surface area contributed by atoms with E-state index < -0.39 is 45.2 Å². The molecule has 2 unspecified atom stereocenters. The van der Waals surface area contributed by atoms with E-state index in [1.807, 2.05) is 0 Å². The summed E-state index contributed by atoms with van der Waals surface area (Å²) in [5.41, 5.74) is 0.550. The van der Waals surface area contributed by atoms with Gasteiger partial charge in [0.1, 0.15) is 12.4 Å². The van der Waals surface area contributed by atoms with Crippen LogP contribution in [-0.2, 0) is 29.3 Å². The molecule has 34 heavy (non-hydrogen) atoms. The number of aryl methyl sites for hydroxylation is 1. The molecule has 3 heterocycles. The zero-order chi connectivity index (χ0) is 24.7. The van der Waals surface area contributed by atoms with Crippen LogP contribution in [0.5, 0.6) is 5.75 Å². The molecule has 1 aromatic carbocycles. The van der Waals surface area contributed by atoms with E-state index in [-0.39, 0.29) is 30.0 Å². The zero-order valence-electron chi connectivity index (χ0n) is 17.6. The SMILES string of the molecule is Cc1ccc(OC(=O)N2CCOC2=O)c(C2OP(=O)(O)C(O)(Cc3cccnc3)P(=O)(O)O2)c1. The van der Waals surface area contributed by atoms with E-state index in [2.05, 4.69) is 9.72 Å². The molecule has 4 rings (SSSR count). The lowest BCUT2D eigenvalue weighted by Crippen LogP contribution is -2.38. The number of carbonyl (C=O) groups is 2. The second kappa shape index (κ2) is 8.86. The van der Waals surface area contributed by atoms with Crippen molar-refractivity contribution in [2.75, 3.05) is 13.2 Å². The fourth-order valence-corrected chi connectivity index (χ4v) is 6.91. The molecule has 2 aromatic rings. The number of aromatic nitrogens is 1. The van der Waals surface area contributed by atoms with Crippen LogP contribution in [-0.4, -0.2) is 55.2 Å². The van der Waals surface area contributed by atoms with Crippen LogP contribution in [0.3, 0.4) is 0 Å². The first-order chi connectivity index (χ1) is 15.9. The van der Waals surface area contributed by atoms with Crippen LogP contribution >= 0.6 is 15.2 Å². The van der Waals surface area contributed by atoms with Gasteiger partial charge in [0, 0.05) is 18.8 Å². The highest BCUT2D eigenvalue weighted by molar-refractivity contribution is 7.73. The van der Waals surface area contributed by atoms with Crippen LogP contribution in [0.1, 0.15) is 23.0 Å². The Bertz CT molecular complexity index is 1200. The molecule has 2 atom stereocenters. The summed E-state index contributed by atoms with van der Waals surface area (Å²) in [6.07, 6.45) is -2.08. The normalized spacial score (nSPS) is 31.2. The number of aliphatic hydroxyl groups is 1. The summed E-state index contributed by atoms with van der Waals surface area (Å²) in [7, 11) is -10.5. The van der Waals surface area contributed by atoms with Gasteiger partial charge in [0.05, 0.1) is 12.1 Å². The molecule has 0 spiro atoms. The Kier molecular flexibility index (Phi) is 6.38. The fourth-order valence-electron chi connectivity index (χ4n) is 3.35. The average Bonchev–Trinajstić information content (AvgIpc) is 3.20. The molecule has 2 fully saturated rings. The lowest BCUT2D eigenvalue weighted by molar-refractivity contribution is -0.0587. The molecule has 0 saturated carbocycles. The van der Waals surface area contributed by atoms with Crippen molar-refractivity contribution in [3.63, 3.8) is 0 Å². The van der Waals surface area contributed by atoms with Crippen molar-refractivity contribution in [2.45, 2.75) is 24.7 Å². The van der Waals surface area contributed by atoms with Gasteiger partial charge in [-0.3, -0.25) is 23.2 Å². The Morgan fingerprint density at radius 3 is 2.56 bits per heavy atom. The summed E-state index contributed by atoms with van der Waals surface area (Å²) in [6, 6.07) is 7.05. The molecule has 0 radical (unpaired) electrons. The molecule has 2 saturated heterocycles. The van der Waals surface area contributed by atoms with E-state index in [1.54, 1.807) is 6.92 Å². The van der Waals surface area contributed by atoms with Gasteiger partial charge in [0.2, 0.25) is 6.29 Å². The van der Waals surface area contributed by atoms with Gasteiger partial charge in [0.15, 0.2) is 0 Å². The van der Waals surface area contributed by atoms with Crippen molar-refractivity contribution >= 4 is 27.4 Å². The topological polar surface area (TPSA) is 182 Å². The molecule has 2 amide bonds. The third-order valence-corrected chi connectivity index (χ3v) is 9.74. The first-order valence-corrected chi connectivity index (χ1v) is 13.0. The van der Waals surface area contributed by atoms with E-state index in [4.69, 9.17) is 13.8 Å². The van der Waals surface area contributed by atoms with Gasteiger partial charge in [-0.1, -0.05) is 17.7 Å². The van der Waals surface area contributed by atoms with E-state index >= 15 is 0 Å². The minimum absolute atomic E-state index is 0.0135. The highest BCUT2D eigenvalue weighted by Gasteiger charge is 2.67. The molecular formula is C19H20N2O11P2. The number of pyridine rings is 1. The van der Waals surface area contributed by atoms with Gasteiger partial charge in [0.25, 0.3) is 5.08 Å². The van der Waals surface area contributed by atoms with E-state index in [0.717, 1.165) is 0 Å². The average molecular weight is 514 g/mol. The fraction of sp³-hybridized carbons (Fsp3) is 0.316. The highest BCUT2D eigenvalue weighted by atomic mass is 31.2. The Morgan fingerprint density at radius 2 is 1.97 bits per heavy atom. The lowest BCUT2D eigenvalue weighted by Gasteiger charge is -2.41. The zero-order valence-corrected chi connectivity index (χ0v) is 19.4. The number of hydrogen-bond donors (Lipinski definition) is 3. The molecule has 182 valence electrons. The van der Waals surface area contributed by atoms with Gasteiger partial charge in [-0.15, -0.1) is 0 Å². The maximum atomic E-state index is 13.0. The number of ether oxygens (including phenoxy) is 2. The lowest BCUT2D eigenvalue weighted by atomic mass is 10.1. The number of cyclic esters (lactones) is 1. The number of hydrogen-bond acceptors (Lipinski definition) is 10. The quantitative estimate of drug-likeness (QED) is 0.508. The molecular weight excluding hydrogens is 494 g/mol. The van der Waals surface area contributed by atoms with Crippen LogP contribution in [0.2, 0.25) is 0 Å². The summed E-state index contributed by atoms with van der Waals surface area (Å²) >= 11 is 0. The third kappa shape index (κ3) is 4.39. The maximum Gasteiger partial charge on any atom is 0.424 e. The number of amides is 2. The first-order valence-electron chi connectivity index (χ1n) is 9.84. The number of nitrogens with zero attached hydrogens (tertiary/aromatic N) is 2. The molecule has 3 N–H and O–H groups in total. The van der Waals surface area contributed by atoms with Crippen molar-refractivity contribution < 1.29 is 52.1 Å². The second-order valence-corrected chi connectivity index (χ2v) is 11.9. The van der Waals surface area contributed by atoms with E-state index in [9.17, 15) is 33.6 Å². The second-order valence-electron chi connectivity index (χ2n) is 7.57. The first kappa shape index (κ1) is 24.5. The van der Waals surface area contributed by atoms with Crippen molar-refractivity contribution in [3.8, 4) is 5.75 Å². The largest absolute Gasteiger partial charge is 0.447 e. The summed E-state index contributed by atoms with van der Waals surface area (Å²) in [5.74, 6) is -0.266. The Hall–Kier alpha value is -2.63. The minimum atomic E-state index is -5.25. The van der Waals surface area contributed by atoms with Crippen LogP contribution in [0.15, 0.2) is 42.7 Å². The minimum Gasteiger partial charge on any atom is -0.447 e. The van der Waals surface area contributed by atoms with Gasteiger partial charge < -0.3 is 24.4 Å². The van der Waals surface area contributed by atoms with Gasteiger partial charge in [-0.2, -0.15) is 0 Å². The van der Waals surface area contributed by atoms with Crippen molar-refractivity contribution in [1.82, 2.24) is 9.88 Å². The molecule has 15 heteroatoms. The Labute approximate surface area is 192 Å². The van der Waals surface area contributed by atoms with Crippen LogP contribution in [0.4, 0.5) is 9.59 Å². The molecule has 13 nitrogen and oxygen atoms in total. The van der Waals surface area contributed by atoms with Gasteiger partial charge in [-0.05, 0) is 30.7 Å². The standard InChI is InChI=1S/C19H20N2O11P2/c1-12-4-5-15(30-18(23)21-7-8-29-17(21)22)14(9-12)16-31-33(25,26)19(24,34(27,28)32-16)10-13-3-2-6-20-11-13/h2-6,9,11,16,24H,7-8,10H2,1H3,(H,25,26)(H,27,28). The van der Waals surface area contributed by atoms with Crippen molar-refractivity contribution in [3.05, 3.63) is 59.4 Å². The molecule has 2 aliphatic heterocycles. The van der Waals surface area contributed by atoms with E-state index in [0.29, 0.717) is 10.5 Å². The van der Waals surface area contributed by atoms with Gasteiger partial charge >= 0.3 is 27.4 Å². The molecule has 2 aliphatic rings. The molecule has 0 aliphatic carbocycles.